The third kappa shape index (κ3) is 6.26. The van der Waals surface area contributed by atoms with Crippen LogP contribution in [0.15, 0.2) is 109 Å². The lowest BCUT2D eigenvalue weighted by Crippen LogP contribution is -2.14. The molecule has 0 aliphatic carbocycles. The van der Waals surface area contributed by atoms with E-state index in [9.17, 15) is 9.46 Å². The molecule has 2 atom stereocenters. The Bertz CT molecular complexity index is 1930. The van der Waals surface area contributed by atoms with Gasteiger partial charge in [0.1, 0.15) is 5.75 Å². The van der Waals surface area contributed by atoms with Crippen molar-refractivity contribution in [3.05, 3.63) is 126 Å². The van der Waals surface area contributed by atoms with Crippen molar-refractivity contribution >= 4 is 35.5 Å². The predicted molar refractivity (Wildman–Crippen MR) is 171 cm³/mol. The molecule has 7 nitrogen and oxygen atoms in total. The van der Waals surface area contributed by atoms with Crippen molar-refractivity contribution in [3.8, 4) is 34.0 Å². The summed E-state index contributed by atoms with van der Waals surface area (Å²) >= 11 is 6.69. The highest BCUT2D eigenvalue weighted by Gasteiger charge is 2.30. The molecule has 0 spiro atoms. The second kappa shape index (κ2) is 12.2. The van der Waals surface area contributed by atoms with Crippen molar-refractivity contribution in [1.29, 1.82) is 0 Å². The lowest BCUT2D eigenvalue weighted by molar-refractivity contribution is 0.178. The van der Waals surface area contributed by atoms with E-state index in [1.165, 1.54) is 6.07 Å². The Morgan fingerprint density at radius 2 is 1.60 bits per heavy atom. The first-order valence-corrected chi connectivity index (χ1v) is 15.8. The third-order valence-electron chi connectivity index (χ3n) is 7.27. The van der Waals surface area contributed by atoms with Gasteiger partial charge in [0.25, 0.3) is 6.01 Å². The Kier molecular flexibility index (Phi) is 8.15. The molecule has 6 aromatic rings. The summed E-state index contributed by atoms with van der Waals surface area (Å²) in [5, 5.41) is 0.740. The molecule has 43 heavy (non-hydrogen) atoms. The average molecular weight is 610 g/mol. The lowest BCUT2D eigenvalue weighted by Gasteiger charge is -2.22. The Labute approximate surface area is 254 Å². The molecule has 0 saturated heterocycles. The number of halogens is 1. The zero-order valence-electron chi connectivity index (χ0n) is 23.6. The topological polar surface area (TPSA) is 97.3 Å². The maximum Gasteiger partial charge on any atom is 0.359 e. The number of rotatable bonds is 9. The summed E-state index contributed by atoms with van der Waals surface area (Å²) in [5.74, 6) is 0.345. The minimum atomic E-state index is -4.20. The SMILES string of the molecule is CCC(OP(=O)(O)c1cc(Oc2nc3cc(-c4ccc(-c5ccccc5)cc4)c(Cl)cc3[nH]2)ccc1C)c1ccncc1. The van der Waals surface area contributed by atoms with Crippen molar-refractivity contribution in [1.82, 2.24) is 15.0 Å². The van der Waals surface area contributed by atoms with E-state index in [0.29, 0.717) is 33.8 Å². The first kappa shape index (κ1) is 28.8. The molecule has 6 rings (SSSR count). The fraction of sp³-hybridized carbons (Fsp3) is 0.118. The minimum Gasteiger partial charge on any atom is -0.426 e. The van der Waals surface area contributed by atoms with Gasteiger partial charge in [-0.05, 0) is 77.6 Å². The zero-order chi connectivity index (χ0) is 30.0. The molecular formula is C34H29ClN3O4P. The fourth-order valence-corrected chi connectivity index (χ4v) is 6.81. The summed E-state index contributed by atoms with van der Waals surface area (Å²) in [7, 11) is -4.20. The van der Waals surface area contributed by atoms with Crippen LogP contribution in [0.1, 0.15) is 30.6 Å². The van der Waals surface area contributed by atoms with Gasteiger partial charge in [-0.3, -0.25) is 14.1 Å². The molecule has 0 amide bonds. The maximum atomic E-state index is 13.5. The highest BCUT2D eigenvalue weighted by atomic mass is 35.5. The fourth-order valence-electron chi connectivity index (χ4n) is 5.00. The van der Waals surface area contributed by atoms with Crippen LogP contribution in [-0.2, 0) is 9.09 Å². The number of nitrogens with one attached hydrogen (secondary N) is 1. The highest BCUT2D eigenvalue weighted by molar-refractivity contribution is 7.61. The number of pyridine rings is 1. The number of aromatic amines is 1. The number of aryl methyl sites for hydroxylation is 1. The number of aromatic nitrogens is 3. The van der Waals surface area contributed by atoms with Gasteiger partial charge in [-0.2, -0.15) is 4.98 Å². The quantitative estimate of drug-likeness (QED) is 0.159. The molecule has 2 unspecified atom stereocenters. The molecule has 4 aromatic carbocycles. The highest BCUT2D eigenvalue weighted by Crippen LogP contribution is 2.48. The molecule has 2 heterocycles. The largest absolute Gasteiger partial charge is 0.426 e. The number of hydrogen-bond donors (Lipinski definition) is 2. The average Bonchev–Trinajstić information content (AvgIpc) is 3.42. The van der Waals surface area contributed by atoms with E-state index < -0.39 is 13.7 Å². The molecule has 0 bridgehead atoms. The monoisotopic (exact) mass is 609 g/mol. The maximum absolute atomic E-state index is 13.5. The van der Waals surface area contributed by atoms with Gasteiger partial charge in [0, 0.05) is 18.0 Å². The van der Waals surface area contributed by atoms with Crippen LogP contribution < -0.4 is 10.0 Å². The van der Waals surface area contributed by atoms with E-state index >= 15 is 0 Å². The molecule has 216 valence electrons. The van der Waals surface area contributed by atoms with Crippen molar-refractivity contribution in [2.45, 2.75) is 26.4 Å². The Morgan fingerprint density at radius 1 is 0.907 bits per heavy atom. The van der Waals surface area contributed by atoms with Crippen LogP contribution in [0, 0.1) is 6.92 Å². The number of hydrogen-bond acceptors (Lipinski definition) is 5. The number of fused-ring (bicyclic) bond motifs is 1. The number of ether oxygens (including phenoxy) is 1. The van der Waals surface area contributed by atoms with Crippen LogP contribution in [0.4, 0.5) is 0 Å². The molecular weight excluding hydrogens is 581 g/mol. The van der Waals surface area contributed by atoms with Gasteiger partial charge < -0.3 is 14.6 Å². The number of imidazole rings is 1. The summed E-state index contributed by atoms with van der Waals surface area (Å²) in [4.78, 5) is 22.8. The molecule has 0 radical (unpaired) electrons. The zero-order valence-corrected chi connectivity index (χ0v) is 25.2. The summed E-state index contributed by atoms with van der Waals surface area (Å²) in [6, 6.07) is 30.9. The van der Waals surface area contributed by atoms with Gasteiger partial charge in [-0.15, -0.1) is 0 Å². The standard InChI is InChI=1S/C34H29ClN3O4P/c1-3-32(26-15-17-36-18-16-26)42-43(39,40)33-19-27(14-9-22(33)2)41-34-37-30-20-28(29(35)21-31(30)38-34)25-12-10-24(11-13-25)23-7-5-4-6-8-23/h4-21,32H,3H2,1-2H3,(H,37,38)(H,39,40). The Hall–Kier alpha value is -4.26. The molecule has 2 aromatic heterocycles. The first-order valence-electron chi connectivity index (χ1n) is 13.9. The van der Waals surface area contributed by atoms with Crippen molar-refractivity contribution in [2.75, 3.05) is 0 Å². The van der Waals surface area contributed by atoms with Crippen LogP contribution in [-0.4, -0.2) is 19.8 Å². The molecule has 0 aliphatic rings. The number of benzene rings is 4. The number of H-pyrrole nitrogens is 1. The van der Waals surface area contributed by atoms with E-state index in [-0.39, 0.29) is 11.3 Å². The minimum absolute atomic E-state index is 0.165. The lowest BCUT2D eigenvalue weighted by atomic mass is 10.00. The molecule has 0 fully saturated rings. The summed E-state index contributed by atoms with van der Waals surface area (Å²) in [5.41, 5.74) is 6.86. The van der Waals surface area contributed by atoms with E-state index in [1.54, 1.807) is 43.6 Å². The van der Waals surface area contributed by atoms with Crippen LogP contribution in [0.25, 0.3) is 33.3 Å². The van der Waals surface area contributed by atoms with Crippen molar-refractivity contribution < 1.29 is 18.7 Å². The Morgan fingerprint density at radius 3 is 2.33 bits per heavy atom. The van der Waals surface area contributed by atoms with Gasteiger partial charge in [-0.25, -0.2) is 0 Å². The van der Waals surface area contributed by atoms with Gasteiger partial charge in [0.05, 0.1) is 27.5 Å². The van der Waals surface area contributed by atoms with Gasteiger partial charge in [0.15, 0.2) is 0 Å². The first-order chi connectivity index (χ1) is 20.8. The van der Waals surface area contributed by atoms with E-state index in [1.807, 2.05) is 49.4 Å². The molecule has 9 heteroatoms. The second-order valence-corrected chi connectivity index (χ2v) is 12.3. The predicted octanol–water partition coefficient (Wildman–Crippen LogP) is 9.02. The van der Waals surface area contributed by atoms with Gasteiger partial charge in [-0.1, -0.05) is 79.2 Å². The summed E-state index contributed by atoms with van der Waals surface area (Å²) < 4.78 is 25.3. The smallest absolute Gasteiger partial charge is 0.359 e. The number of nitrogens with zero attached hydrogens (tertiary/aromatic N) is 2. The van der Waals surface area contributed by atoms with Crippen molar-refractivity contribution in [2.24, 2.45) is 0 Å². The van der Waals surface area contributed by atoms with Crippen LogP contribution in [0.5, 0.6) is 11.8 Å². The molecule has 2 N–H and O–H groups in total. The van der Waals surface area contributed by atoms with E-state index in [2.05, 4.69) is 39.2 Å². The van der Waals surface area contributed by atoms with Crippen LogP contribution in [0.2, 0.25) is 5.02 Å². The van der Waals surface area contributed by atoms with Crippen LogP contribution in [0.3, 0.4) is 0 Å². The van der Waals surface area contributed by atoms with Crippen LogP contribution >= 0.6 is 19.2 Å². The van der Waals surface area contributed by atoms with Crippen molar-refractivity contribution in [3.63, 3.8) is 0 Å². The summed E-state index contributed by atoms with van der Waals surface area (Å²) in [6.07, 6.45) is 3.22. The molecule has 0 aliphatic heterocycles. The third-order valence-corrected chi connectivity index (χ3v) is 9.21. The second-order valence-electron chi connectivity index (χ2n) is 10.2. The van der Waals surface area contributed by atoms with Gasteiger partial charge in [0.2, 0.25) is 0 Å². The summed E-state index contributed by atoms with van der Waals surface area (Å²) in [6.45, 7) is 3.66. The van der Waals surface area contributed by atoms with E-state index in [0.717, 1.165) is 27.8 Å². The molecule has 0 saturated carbocycles. The Balaban J connectivity index is 1.24. The van der Waals surface area contributed by atoms with E-state index in [4.69, 9.17) is 20.9 Å². The van der Waals surface area contributed by atoms with Gasteiger partial charge >= 0.3 is 7.60 Å². The normalized spacial score (nSPS) is 13.5.